The van der Waals surface area contributed by atoms with Crippen LogP contribution in [0.2, 0.25) is 0 Å². The number of aliphatic hydroxyl groups is 1. The predicted octanol–water partition coefficient (Wildman–Crippen LogP) is 3.63. The van der Waals surface area contributed by atoms with Crippen LogP contribution in [0.5, 0.6) is 5.75 Å². The number of ether oxygens (including phenoxy) is 1. The number of amides is 1. The number of benzene rings is 1. The van der Waals surface area contributed by atoms with Gasteiger partial charge in [0.2, 0.25) is 0 Å². The molecule has 2 rings (SSSR count). The molecule has 1 unspecified atom stereocenters. The average molecular weight is 345 g/mol. The summed E-state index contributed by atoms with van der Waals surface area (Å²) in [6, 6.07) is 11.1. The largest absolute Gasteiger partial charge is 0.489 e. The van der Waals surface area contributed by atoms with Crippen molar-refractivity contribution in [3.63, 3.8) is 0 Å². The molecule has 5 heteroatoms. The highest BCUT2D eigenvalue weighted by atomic mass is 16.5. The number of para-hydroxylation sites is 1. The molecule has 2 N–H and O–H groups in total. The summed E-state index contributed by atoms with van der Waals surface area (Å²) in [5.74, 6) is 0.785. The van der Waals surface area contributed by atoms with E-state index in [0.29, 0.717) is 12.1 Å². The van der Waals surface area contributed by atoms with Crippen LogP contribution in [-0.4, -0.2) is 23.7 Å². The molecule has 0 aliphatic rings. The van der Waals surface area contributed by atoms with Gasteiger partial charge in [-0.05, 0) is 24.1 Å². The third kappa shape index (κ3) is 5.10. The number of furan rings is 1. The molecular weight excluding hydrogens is 318 g/mol. The Labute approximate surface area is 149 Å². The Kier molecular flexibility index (Phi) is 6.26. The molecule has 0 spiro atoms. The van der Waals surface area contributed by atoms with E-state index in [9.17, 15) is 9.90 Å². The molecule has 2 aromatic rings. The Balaban J connectivity index is 1.95. The normalized spacial score (nSPS) is 12.9. The number of hydrogen-bond donors (Lipinski definition) is 2. The van der Waals surface area contributed by atoms with Gasteiger partial charge >= 0.3 is 0 Å². The lowest BCUT2D eigenvalue weighted by molar-refractivity contribution is 0.0136. The second-order valence-corrected chi connectivity index (χ2v) is 7.24. The molecule has 0 saturated heterocycles. The van der Waals surface area contributed by atoms with Crippen LogP contribution in [0.3, 0.4) is 0 Å². The monoisotopic (exact) mass is 345 g/mol. The molecule has 0 aliphatic carbocycles. The third-order valence-corrected chi connectivity index (χ3v) is 4.23. The van der Waals surface area contributed by atoms with Crippen molar-refractivity contribution < 1.29 is 19.1 Å². The fourth-order valence-electron chi connectivity index (χ4n) is 2.72. The minimum absolute atomic E-state index is 0.116. The van der Waals surface area contributed by atoms with Crippen molar-refractivity contribution in [1.29, 1.82) is 0 Å². The molecule has 0 aliphatic heterocycles. The van der Waals surface area contributed by atoms with Crippen LogP contribution in [0.1, 0.15) is 43.8 Å². The van der Waals surface area contributed by atoms with Crippen LogP contribution in [0.25, 0.3) is 0 Å². The first-order valence-corrected chi connectivity index (χ1v) is 8.52. The molecular formula is C20H27NO4. The van der Waals surface area contributed by atoms with Gasteiger partial charge in [-0.15, -0.1) is 0 Å². The zero-order valence-corrected chi connectivity index (χ0v) is 15.3. The molecule has 1 amide bonds. The van der Waals surface area contributed by atoms with Gasteiger partial charge in [-0.25, -0.2) is 0 Å². The van der Waals surface area contributed by atoms with Gasteiger partial charge in [0.05, 0.1) is 12.4 Å². The number of nitrogens with one attached hydrogen (secondary N) is 1. The van der Waals surface area contributed by atoms with Gasteiger partial charge in [-0.2, -0.15) is 0 Å². The topological polar surface area (TPSA) is 71.7 Å². The maximum atomic E-state index is 12.4. The van der Waals surface area contributed by atoms with Crippen molar-refractivity contribution in [2.75, 3.05) is 6.54 Å². The first-order valence-electron chi connectivity index (χ1n) is 8.52. The maximum absolute atomic E-state index is 12.4. The quantitative estimate of drug-likeness (QED) is 0.766. The van der Waals surface area contributed by atoms with Crippen molar-refractivity contribution >= 4 is 5.91 Å². The Hall–Kier alpha value is -2.27. The van der Waals surface area contributed by atoms with E-state index in [0.717, 1.165) is 5.75 Å². The van der Waals surface area contributed by atoms with Crippen molar-refractivity contribution in [2.24, 2.45) is 11.3 Å². The van der Waals surface area contributed by atoms with Gasteiger partial charge in [0.25, 0.3) is 5.91 Å². The molecule has 136 valence electrons. The Morgan fingerprint density at radius 3 is 2.56 bits per heavy atom. The lowest BCUT2D eigenvalue weighted by atomic mass is 9.80. The van der Waals surface area contributed by atoms with E-state index in [1.807, 2.05) is 58.0 Å². The Bertz CT molecular complexity index is 676. The minimum Gasteiger partial charge on any atom is -0.489 e. The SMILES string of the molecule is CC(C)C(O)C(C)(C)CNC(=O)c1occc1COc1ccccc1. The van der Waals surface area contributed by atoms with Gasteiger partial charge < -0.3 is 19.6 Å². The van der Waals surface area contributed by atoms with E-state index in [-0.39, 0.29) is 24.2 Å². The van der Waals surface area contributed by atoms with Crippen LogP contribution in [0, 0.1) is 11.3 Å². The van der Waals surface area contributed by atoms with Crippen LogP contribution < -0.4 is 10.1 Å². The second-order valence-electron chi connectivity index (χ2n) is 7.24. The molecule has 25 heavy (non-hydrogen) atoms. The molecule has 1 aromatic heterocycles. The Morgan fingerprint density at radius 2 is 1.92 bits per heavy atom. The number of aliphatic hydroxyl groups excluding tert-OH is 1. The summed E-state index contributed by atoms with van der Waals surface area (Å²) in [6.45, 7) is 8.38. The first kappa shape index (κ1) is 19.1. The Morgan fingerprint density at radius 1 is 1.24 bits per heavy atom. The van der Waals surface area contributed by atoms with E-state index in [4.69, 9.17) is 9.15 Å². The third-order valence-electron chi connectivity index (χ3n) is 4.23. The summed E-state index contributed by atoms with van der Waals surface area (Å²) >= 11 is 0. The van der Waals surface area contributed by atoms with Crippen molar-refractivity contribution in [2.45, 2.75) is 40.4 Å². The summed E-state index contributed by atoms with van der Waals surface area (Å²) in [5, 5.41) is 13.1. The summed E-state index contributed by atoms with van der Waals surface area (Å²) in [5.41, 5.74) is 0.250. The summed E-state index contributed by atoms with van der Waals surface area (Å²) < 4.78 is 11.0. The molecule has 0 radical (unpaired) electrons. The van der Waals surface area contributed by atoms with Gasteiger partial charge in [0, 0.05) is 17.5 Å². The standard InChI is InChI=1S/C20H27NO4/c1-14(2)18(22)20(3,4)13-21-19(23)17-15(10-11-24-17)12-25-16-8-6-5-7-9-16/h5-11,14,18,22H,12-13H2,1-4H3,(H,21,23). The second kappa shape index (κ2) is 8.21. The summed E-state index contributed by atoms with van der Waals surface area (Å²) in [4.78, 5) is 12.4. The highest BCUT2D eigenvalue weighted by Crippen LogP contribution is 2.25. The van der Waals surface area contributed by atoms with E-state index in [1.54, 1.807) is 6.07 Å². The lowest BCUT2D eigenvalue weighted by Crippen LogP contribution is -2.43. The number of carbonyl (C=O) groups excluding carboxylic acids is 1. The average Bonchev–Trinajstić information content (AvgIpc) is 3.06. The van der Waals surface area contributed by atoms with Crippen molar-refractivity contribution in [1.82, 2.24) is 5.32 Å². The molecule has 1 heterocycles. The van der Waals surface area contributed by atoms with Crippen LogP contribution in [0.4, 0.5) is 0 Å². The van der Waals surface area contributed by atoms with Gasteiger partial charge in [-0.1, -0.05) is 45.9 Å². The minimum atomic E-state index is -0.509. The van der Waals surface area contributed by atoms with E-state index < -0.39 is 11.5 Å². The van der Waals surface area contributed by atoms with Crippen LogP contribution >= 0.6 is 0 Å². The highest BCUT2D eigenvalue weighted by Gasteiger charge is 2.31. The lowest BCUT2D eigenvalue weighted by Gasteiger charge is -2.33. The highest BCUT2D eigenvalue weighted by molar-refractivity contribution is 5.92. The van der Waals surface area contributed by atoms with Crippen molar-refractivity contribution in [3.8, 4) is 5.75 Å². The van der Waals surface area contributed by atoms with Crippen LogP contribution in [0.15, 0.2) is 47.1 Å². The molecule has 0 bridgehead atoms. The maximum Gasteiger partial charge on any atom is 0.287 e. The fourth-order valence-corrected chi connectivity index (χ4v) is 2.72. The van der Waals surface area contributed by atoms with Gasteiger partial charge in [-0.3, -0.25) is 4.79 Å². The fraction of sp³-hybridized carbons (Fsp3) is 0.450. The van der Waals surface area contributed by atoms with Crippen LogP contribution in [-0.2, 0) is 6.61 Å². The zero-order valence-electron chi connectivity index (χ0n) is 15.3. The van der Waals surface area contributed by atoms with Crippen molar-refractivity contribution in [3.05, 3.63) is 54.0 Å². The molecule has 0 fully saturated rings. The number of hydrogen-bond acceptors (Lipinski definition) is 4. The smallest absolute Gasteiger partial charge is 0.287 e. The predicted molar refractivity (Wildman–Crippen MR) is 96.4 cm³/mol. The van der Waals surface area contributed by atoms with E-state index >= 15 is 0 Å². The van der Waals surface area contributed by atoms with Gasteiger partial charge in [0.1, 0.15) is 12.4 Å². The summed E-state index contributed by atoms with van der Waals surface area (Å²) in [6.07, 6.45) is 0.970. The molecule has 1 aromatic carbocycles. The van der Waals surface area contributed by atoms with E-state index in [2.05, 4.69) is 5.32 Å². The molecule has 0 saturated carbocycles. The van der Waals surface area contributed by atoms with E-state index in [1.165, 1.54) is 6.26 Å². The first-order chi connectivity index (χ1) is 11.8. The molecule has 5 nitrogen and oxygen atoms in total. The van der Waals surface area contributed by atoms with Gasteiger partial charge in [0.15, 0.2) is 5.76 Å². The molecule has 1 atom stereocenters. The zero-order chi connectivity index (χ0) is 18.4. The number of carbonyl (C=O) groups is 1. The number of rotatable bonds is 8. The summed E-state index contributed by atoms with van der Waals surface area (Å²) in [7, 11) is 0.